The summed E-state index contributed by atoms with van der Waals surface area (Å²) in [6, 6.07) is 11.1. The van der Waals surface area contributed by atoms with Gasteiger partial charge in [0.05, 0.1) is 17.7 Å². The van der Waals surface area contributed by atoms with Gasteiger partial charge in [-0.2, -0.15) is 26.3 Å². The fourth-order valence-electron chi connectivity index (χ4n) is 5.82. The minimum Gasteiger partial charge on any atom is -0.481 e. The Labute approximate surface area is 282 Å². The summed E-state index contributed by atoms with van der Waals surface area (Å²) < 4.78 is 111. The van der Waals surface area contributed by atoms with Gasteiger partial charge < -0.3 is 15.2 Å². The molecule has 3 aromatic rings. The lowest BCUT2D eigenvalue weighted by atomic mass is 9.80. The molecule has 3 atom stereocenters. The first-order valence-electron chi connectivity index (χ1n) is 15.1. The Kier molecular flexibility index (Phi) is 13.2. The van der Waals surface area contributed by atoms with Crippen LogP contribution in [0, 0.1) is 18.7 Å². The first-order chi connectivity index (χ1) is 23.1. The lowest BCUT2D eigenvalue weighted by molar-refractivity contribution is -0.376. The van der Waals surface area contributed by atoms with Gasteiger partial charge in [0.25, 0.3) is 5.60 Å². The average molecular weight is 716 g/mol. The number of amides is 1. The Morgan fingerprint density at radius 3 is 2.16 bits per heavy atom. The van der Waals surface area contributed by atoms with Crippen LogP contribution in [0.3, 0.4) is 0 Å². The molecule has 2 aliphatic rings. The van der Waals surface area contributed by atoms with Crippen LogP contribution in [0.25, 0.3) is 0 Å². The molecule has 5 rings (SSSR count). The summed E-state index contributed by atoms with van der Waals surface area (Å²) >= 11 is 0. The van der Waals surface area contributed by atoms with E-state index >= 15 is 0 Å². The lowest BCUT2D eigenvalue weighted by Gasteiger charge is -2.35. The third-order valence-corrected chi connectivity index (χ3v) is 9.62. The molecular formula is C34H36F7N3O4S. The van der Waals surface area contributed by atoms with Crippen LogP contribution >= 0.6 is 0 Å². The van der Waals surface area contributed by atoms with Gasteiger partial charge in [-0.15, -0.1) is 12.8 Å². The van der Waals surface area contributed by atoms with Crippen LogP contribution in [0.5, 0.6) is 5.88 Å². The average Bonchev–Trinajstić information content (AvgIpc) is 3.07. The molecule has 1 aliphatic carbocycles. The minimum atomic E-state index is -5.98. The highest BCUT2D eigenvalue weighted by Gasteiger charge is 2.71. The molecular weight excluding hydrogens is 679 g/mol. The summed E-state index contributed by atoms with van der Waals surface area (Å²) in [4.78, 5) is 15.7. The monoisotopic (exact) mass is 715 g/mol. The predicted molar refractivity (Wildman–Crippen MR) is 170 cm³/mol. The van der Waals surface area contributed by atoms with Crippen molar-refractivity contribution < 1.29 is 49.6 Å². The predicted octanol–water partition coefficient (Wildman–Crippen LogP) is 7.12. The van der Waals surface area contributed by atoms with E-state index < -0.39 is 40.3 Å². The number of aryl methyl sites for hydroxylation is 1. The summed E-state index contributed by atoms with van der Waals surface area (Å²) in [5.74, 6) is 0.507. The molecule has 0 radical (unpaired) electrons. The Morgan fingerprint density at radius 1 is 0.980 bits per heavy atom. The van der Waals surface area contributed by atoms with Gasteiger partial charge >= 0.3 is 12.4 Å². The molecule has 0 spiro atoms. The number of hydrogen-bond donors (Lipinski definition) is 2. The maximum absolute atomic E-state index is 13.1. The van der Waals surface area contributed by atoms with E-state index in [1.165, 1.54) is 34.8 Å². The first kappa shape index (κ1) is 39.3. The van der Waals surface area contributed by atoms with Crippen LogP contribution in [0.1, 0.15) is 61.6 Å². The smallest absolute Gasteiger partial charge is 0.430 e. The highest BCUT2D eigenvalue weighted by molar-refractivity contribution is 7.86. The SMILES string of the molecule is C#C.COc1ccc([C@@H]2CCCC[C@@H]2NC(C)=O)cn1.O=S(c1ccc(F)cc1)N1CCCc2cc(C(O)(C(F)(F)F)C(F)(F)F)ccc21. The van der Waals surface area contributed by atoms with Gasteiger partial charge in [0.15, 0.2) is 11.0 Å². The molecule has 2 N–H and O–H groups in total. The van der Waals surface area contributed by atoms with Gasteiger partial charge in [0.2, 0.25) is 11.8 Å². The number of aromatic nitrogens is 1. The van der Waals surface area contributed by atoms with Crippen molar-refractivity contribution in [3.8, 4) is 18.7 Å². The molecule has 1 aliphatic heterocycles. The molecule has 2 aromatic carbocycles. The molecule has 1 aromatic heterocycles. The quantitative estimate of drug-likeness (QED) is 0.210. The molecule has 0 saturated heterocycles. The number of nitrogens with one attached hydrogen (secondary N) is 1. The topological polar surface area (TPSA) is 91.8 Å². The number of methoxy groups -OCH3 is 1. The Hall–Kier alpha value is -4.16. The number of terminal acetylenes is 1. The van der Waals surface area contributed by atoms with Gasteiger partial charge in [-0.1, -0.05) is 31.0 Å². The number of hydrogen-bond acceptors (Lipinski definition) is 5. The van der Waals surface area contributed by atoms with Crippen LogP contribution in [0.15, 0.2) is 65.7 Å². The number of aliphatic hydroxyl groups is 1. The van der Waals surface area contributed by atoms with Gasteiger partial charge in [-0.3, -0.25) is 9.10 Å². The van der Waals surface area contributed by atoms with Crippen molar-refractivity contribution in [1.82, 2.24) is 10.3 Å². The van der Waals surface area contributed by atoms with Crippen molar-refractivity contribution in [3.05, 3.63) is 83.3 Å². The van der Waals surface area contributed by atoms with Crippen LogP contribution < -0.4 is 14.4 Å². The summed E-state index contributed by atoms with van der Waals surface area (Å²) in [6.07, 6.45) is 2.93. The largest absolute Gasteiger partial charge is 0.481 e. The zero-order valence-electron chi connectivity index (χ0n) is 26.7. The molecule has 266 valence electrons. The number of rotatable bonds is 6. The van der Waals surface area contributed by atoms with Crippen LogP contribution in [-0.4, -0.2) is 52.3 Å². The van der Waals surface area contributed by atoms with Crippen LogP contribution in [0.2, 0.25) is 0 Å². The van der Waals surface area contributed by atoms with E-state index in [4.69, 9.17) is 4.74 Å². The first-order valence-corrected chi connectivity index (χ1v) is 16.2. The third-order valence-electron chi connectivity index (χ3n) is 8.16. The molecule has 0 bridgehead atoms. The second kappa shape index (κ2) is 16.5. The van der Waals surface area contributed by atoms with Gasteiger partial charge in [-0.05, 0) is 67.1 Å². The number of ether oxygens (including phenoxy) is 1. The number of benzene rings is 2. The van der Waals surface area contributed by atoms with E-state index in [2.05, 4.69) is 29.2 Å². The van der Waals surface area contributed by atoms with Crippen molar-refractivity contribution in [3.63, 3.8) is 0 Å². The maximum atomic E-state index is 13.1. The molecule has 1 fully saturated rings. The number of anilines is 1. The normalized spacial score (nSPS) is 18.4. The molecule has 15 heteroatoms. The Bertz CT molecular complexity index is 1580. The fraction of sp³-hybridized carbons (Fsp3) is 0.412. The van der Waals surface area contributed by atoms with Crippen molar-refractivity contribution in [2.75, 3.05) is 18.0 Å². The standard InChI is InChI=1S/C18H14F7NO2S.C14H20N2O2.C2H2/c19-13-4-6-14(7-5-13)29(28)26-9-1-2-11-10-12(3-8-15(11)26)16(27,17(20,21)22)18(23,24)25;1-10(17)16-13-6-4-3-5-12(13)11-7-8-14(18-2)15-9-11;1-2/h3-8,10,27H,1-2,9H2;7-9,12-13H,3-6H2,1-2H3,(H,16,17);1-2H/t;12-,13-;/m.0./s1. The number of fused-ring (bicyclic) bond motifs is 1. The molecule has 1 amide bonds. The number of carbonyl (C=O) groups is 1. The second-order valence-electron chi connectivity index (χ2n) is 11.3. The van der Waals surface area contributed by atoms with Crippen molar-refractivity contribution in [2.24, 2.45) is 0 Å². The van der Waals surface area contributed by atoms with Crippen molar-refractivity contribution >= 4 is 22.6 Å². The molecule has 7 nitrogen and oxygen atoms in total. The van der Waals surface area contributed by atoms with Gasteiger partial charge in [0, 0.05) is 43.3 Å². The maximum Gasteiger partial charge on any atom is 0.430 e. The number of alkyl halides is 6. The van der Waals surface area contributed by atoms with E-state index in [0.717, 1.165) is 31.0 Å². The molecule has 2 heterocycles. The van der Waals surface area contributed by atoms with E-state index in [-0.39, 0.29) is 41.1 Å². The summed E-state index contributed by atoms with van der Waals surface area (Å²) in [6.45, 7) is 1.82. The zero-order valence-corrected chi connectivity index (χ0v) is 27.5. The van der Waals surface area contributed by atoms with E-state index in [1.54, 1.807) is 14.0 Å². The molecule has 1 saturated carbocycles. The van der Waals surface area contributed by atoms with Crippen LogP contribution in [0.4, 0.5) is 36.4 Å². The number of carbonyl (C=O) groups excluding carboxylic acids is 1. The van der Waals surface area contributed by atoms with Gasteiger partial charge in [-0.25, -0.2) is 13.6 Å². The van der Waals surface area contributed by atoms with E-state index in [0.29, 0.717) is 30.4 Å². The second-order valence-corrected chi connectivity index (χ2v) is 12.7. The van der Waals surface area contributed by atoms with Crippen molar-refractivity contribution in [2.45, 2.75) is 80.3 Å². The minimum absolute atomic E-state index is 0.0494. The highest BCUT2D eigenvalue weighted by Crippen LogP contribution is 2.51. The number of pyridine rings is 1. The van der Waals surface area contributed by atoms with Gasteiger partial charge in [0.1, 0.15) is 5.82 Å². The summed E-state index contributed by atoms with van der Waals surface area (Å²) in [5, 5.41) is 12.6. The lowest BCUT2D eigenvalue weighted by Crippen LogP contribution is -2.54. The van der Waals surface area contributed by atoms with Crippen LogP contribution in [-0.2, 0) is 27.8 Å². The Balaban J connectivity index is 0.000000278. The van der Waals surface area contributed by atoms with Crippen molar-refractivity contribution in [1.29, 1.82) is 0 Å². The summed E-state index contributed by atoms with van der Waals surface area (Å²) in [7, 11) is -0.228. The highest BCUT2D eigenvalue weighted by atomic mass is 32.2. The number of halogens is 7. The number of nitrogens with zero attached hydrogens (tertiary/aromatic N) is 2. The fourth-order valence-corrected chi connectivity index (χ4v) is 7.10. The molecule has 1 unspecified atom stereocenters. The summed E-state index contributed by atoms with van der Waals surface area (Å²) in [5.41, 5.74) is -4.90. The zero-order chi connectivity index (χ0) is 36.6. The van der Waals surface area contributed by atoms with E-state index in [1.807, 2.05) is 12.3 Å². The molecule has 49 heavy (non-hydrogen) atoms. The van der Waals surface area contributed by atoms with E-state index in [9.17, 15) is 44.8 Å². The third kappa shape index (κ3) is 9.10. The Morgan fingerprint density at radius 2 is 1.61 bits per heavy atom.